The average Bonchev–Trinajstić information content (AvgIpc) is 3.46. The van der Waals surface area contributed by atoms with Gasteiger partial charge in [0.2, 0.25) is 5.91 Å². The maximum absolute atomic E-state index is 13.5. The summed E-state index contributed by atoms with van der Waals surface area (Å²) in [6.07, 6.45) is 0. The Bertz CT molecular complexity index is 1690. The van der Waals surface area contributed by atoms with Gasteiger partial charge in [-0.05, 0) is 48.0 Å². The predicted octanol–water partition coefficient (Wildman–Crippen LogP) is 8.10. The second-order valence-electron chi connectivity index (χ2n) is 8.73. The molecule has 0 saturated carbocycles. The highest BCUT2D eigenvalue weighted by molar-refractivity contribution is 8.00. The highest BCUT2D eigenvalue weighted by atomic mass is 35.5. The summed E-state index contributed by atoms with van der Waals surface area (Å²) in [6.45, 7) is 0. The molecule has 0 aliphatic rings. The van der Waals surface area contributed by atoms with Crippen LogP contribution < -0.4 is 10.6 Å². The number of hydrogen-bond donors (Lipinski definition) is 2. The summed E-state index contributed by atoms with van der Waals surface area (Å²) in [5.74, 6) is -0.682. The number of halogens is 1. The lowest BCUT2D eigenvalue weighted by atomic mass is 10.1. The molecule has 1 unspecified atom stereocenters. The van der Waals surface area contributed by atoms with E-state index in [0.29, 0.717) is 15.8 Å². The fourth-order valence-electron chi connectivity index (χ4n) is 3.87. The predicted molar refractivity (Wildman–Crippen MR) is 164 cm³/mol. The number of nitrogens with one attached hydrogen (secondary N) is 2. The molecule has 5 aromatic rings. The van der Waals surface area contributed by atoms with Crippen molar-refractivity contribution >= 4 is 63.0 Å². The van der Waals surface area contributed by atoms with Gasteiger partial charge in [-0.3, -0.25) is 19.7 Å². The maximum atomic E-state index is 13.5. The molecule has 1 atom stereocenters. The number of anilines is 2. The minimum atomic E-state index is -0.565. The Morgan fingerprint density at radius 1 is 0.902 bits per heavy atom. The monoisotopic (exact) mass is 600 g/mol. The molecule has 1 aromatic heterocycles. The van der Waals surface area contributed by atoms with Crippen LogP contribution in [-0.4, -0.2) is 21.7 Å². The van der Waals surface area contributed by atoms with E-state index in [0.717, 1.165) is 21.7 Å². The fraction of sp³-hybridized carbons (Fsp3) is 0.0333. The SMILES string of the molecule is O=C(Nc1ccc(SC(C(=O)Nc2nc(-c3ccc(Cl)cc3)cs2)c2ccccc2)cc1)c1cccc([N+](=O)[O-])c1. The van der Waals surface area contributed by atoms with Crippen LogP contribution in [0.15, 0.2) is 113 Å². The van der Waals surface area contributed by atoms with E-state index in [1.54, 1.807) is 36.4 Å². The summed E-state index contributed by atoms with van der Waals surface area (Å²) in [5, 5.41) is 19.1. The minimum Gasteiger partial charge on any atom is -0.322 e. The van der Waals surface area contributed by atoms with Gasteiger partial charge in [0.25, 0.3) is 11.6 Å². The van der Waals surface area contributed by atoms with Gasteiger partial charge in [-0.1, -0.05) is 60.1 Å². The van der Waals surface area contributed by atoms with Crippen LogP contribution in [0.5, 0.6) is 0 Å². The van der Waals surface area contributed by atoms with E-state index in [4.69, 9.17) is 11.6 Å². The number of thiazole rings is 1. The molecule has 0 fully saturated rings. The van der Waals surface area contributed by atoms with E-state index in [1.165, 1.54) is 47.4 Å². The number of carbonyl (C=O) groups excluding carboxylic acids is 2. The summed E-state index contributed by atoms with van der Waals surface area (Å²) in [5.41, 5.74) is 3.01. The van der Waals surface area contributed by atoms with Crippen molar-refractivity contribution in [3.8, 4) is 11.3 Å². The lowest BCUT2D eigenvalue weighted by Crippen LogP contribution is -2.19. The Morgan fingerprint density at radius 3 is 2.34 bits per heavy atom. The Balaban J connectivity index is 1.29. The molecule has 5 rings (SSSR count). The van der Waals surface area contributed by atoms with Crippen molar-refractivity contribution in [1.82, 2.24) is 4.98 Å². The molecule has 0 bridgehead atoms. The van der Waals surface area contributed by atoms with Crippen LogP contribution in [0.25, 0.3) is 11.3 Å². The van der Waals surface area contributed by atoms with Crippen molar-refractivity contribution in [3.63, 3.8) is 0 Å². The molecule has 204 valence electrons. The summed E-state index contributed by atoms with van der Waals surface area (Å²) >= 11 is 8.69. The topological polar surface area (TPSA) is 114 Å². The van der Waals surface area contributed by atoms with Crippen molar-refractivity contribution in [1.29, 1.82) is 0 Å². The van der Waals surface area contributed by atoms with Crippen molar-refractivity contribution in [3.05, 3.63) is 135 Å². The first-order valence-electron chi connectivity index (χ1n) is 12.3. The molecule has 2 amide bonds. The summed E-state index contributed by atoms with van der Waals surface area (Å²) in [7, 11) is 0. The van der Waals surface area contributed by atoms with Crippen molar-refractivity contribution in [2.75, 3.05) is 10.6 Å². The first-order chi connectivity index (χ1) is 19.9. The number of carbonyl (C=O) groups is 2. The number of nitro groups is 1. The van der Waals surface area contributed by atoms with E-state index in [2.05, 4.69) is 15.6 Å². The largest absolute Gasteiger partial charge is 0.322 e. The minimum absolute atomic E-state index is 0.159. The molecule has 1 heterocycles. The molecule has 2 N–H and O–H groups in total. The van der Waals surface area contributed by atoms with Gasteiger partial charge in [-0.2, -0.15) is 0 Å². The summed E-state index contributed by atoms with van der Waals surface area (Å²) < 4.78 is 0. The zero-order valence-corrected chi connectivity index (χ0v) is 23.6. The first-order valence-corrected chi connectivity index (χ1v) is 14.4. The van der Waals surface area contributed by atoms with Gasteiger partial charge in [0.1, 0.15) is 5.25 Å². The molecular weight excluding hydrogens is 580 g/mol. The van der Waals surface area contributed by atoms with Gasteiger partial charge in [-0.15, -0.1) is 23.1 Å². The number of rotatable bonds is 9. The Hall–Kier alpha value is -4.51. The van der Waals surface area contributed by atoms with Crippen LogP contribution in [0.3, 0.4) is 0 Å². The van der Waals surface area contributed by atoms with Gasteiger partial charge in [0.05, 0.1) is 10.6 Å². The number of thioether (sulfide) groups is 1. The molecule has 11 heteroatoms. The molecular formula is C30H21ClN4O4S2. The molecule has 0 radical (unpaired) electrons. The molecule has 0 aliphatic carbocycles. The van der Waals surface area contributed by atoms with Crippen LogP contribution in [0, 0.1) is 10.1 Å². The van der Waals surface area contributed by atoms with Gasteiger partial charge in [0, 0.05) is 44.2 Å². The highest BCUT2D eigenvalue weighted by Gasteiger charge is 2.23. The van der Waals surface area contributed by atoms with E-state index < -0.39 is 16.1 Å². The van der Waals surface area contributed by atoms with Crippen LogP contribution in [-0.2, 0) is 4.79 Å². The fourth-order valence-corrected chi connectivity index (χ4v) is 5.75. The average molecular weight is 601 g/mol. The van der Waals surface area contributed by atoms with Gasteiger partial charge >= 0.3 is 0 Å². The number of amides is 2. The molecule has 41 heavy (non-hydrogen) atoms. The lowest BCUT2D eigenvalue weighted by molar-refractivity contribution is -0.384. The van der Waals surface area contributed by atoms with Crippen LogP contribution in [0.4, 0.5) is 16.5 Å². The number of benzene rings is 4. The first kappa shape index (κ1) is 28.0. The number of aromatic nitrogens is 1. The number of nitrogens with zero attached hydrogens (tertiary/aromatic N) is 2. The van der Waals surface area contributed by atoms with Crippen LogP contribution >= 0.6 is 34.7 Å². The second-order valence-corrected chi connectivity index (χ2v) is 11.2. The molecule has 0 spiro atoms. The van der Waals surface area contributed by atoms with E-state index in [1.807, 2.05) is 47.8 Å². The van der Waals surface area contributed by atoms with E-state index >= 15 is 0 Å². The summed E-state index contributed by atoms with van der Waals surface area (Å²) in [4.78, 5) is 41.9. The number of non-ortho nitro benzene ring substituents is 1. The Kier molecular flexibility index (Phi) is 8.73. The zero-order chi connectivity index (χ0) is 28.8. The van der Waals surface area contributed by atoms with Gasteiger partial charge in [-0.25, -0.2) is 4.98 Å². The van der Waals surface area contributed by atoms with Crippen molar-refractivity contribution < 1.29 is 14.5 Å². The Labute approximate surface area is 248 Å². The highest BCUT2D eigenvalue weighted by Crippen LogP contribution is 2.37. The van der Waals surface area contributed by atoms with Gasteiger partial charge < -0.3 is 10.6 Å². The number of nitro benzene ring substituents is 1. The van der Waals surface area contributed by atoms with E-state index in [-0.39, 0.29) is 17.2 Å². The van der Waals surface area contributed by atoms with Gasteiger partial charge in [0.15, 0.2) is 5.13 Å². The number of hydrogen-bond acceptors (Lipinski definition) is 7. The molecule has 4 aromatic carbocycles. The van der Waals surface area contributed by atoms with Crippen LogP contribution in [0.2, 0.25) is 5.02 Å². The van der Waals surface area contributed by atoms with Crippen molar-refractivity contribution in [2.24, 2.45) is 0 Å². The maximum Gasteiger partial charge on any atom is 0.270 e. The van der Waals surface area contributed by atoms with E-state index in [9.17, 15) is 19.7 Å². The zero-order valence-electron chi connectivity index (χ0n) is 21.2. The normalized spacial score (nSPS) is 11.4. The third kappa shape index (κ3) is 7.17. The third-order valence-corrected chi connectivity index (χ3v) is 8.18. The Morgan fingerprint density at radius 2 is 1.63 bits per heavy atom. The standard InChI is InChI=1S/C30H21ClN4O4S2/c31-22-11-9-19(10-12-22)26-18-40-30(33-26)34-29(37)27(20-5-2-1-3-6-20)41-25-15-13-23(14-16-25)32-28(36)21-7-4-8-24(17-21)35(38)39/h1-18,27H,(H,32,36)(H,33,34,37). The molecule has 0 saturated heterocycles. The molecule has 0 aliphatic heterocycles. The lowest BCUT2D eigenvalue weighted by Gasteiger charge is -2.16. The van der Waals surface area contributed by atoms with Crippen molar-refractivity contribution in [2.45, 2.75) is 10.1 Å². The third-order valence-electron chi connectivity index (χ3n) is 5.90. The quantitative estimate of drug-likeness (QED) is 0.100. The second kappa shape index (κ2) is 12.8. The summed E-state index contributed by atoms with van der Waals surface area (Å²) in [6, 6.07) is 29.4. The molecule has 8 nitrogen and oxygen atoms in total. The smallest absolute Gasteiger partial charge is 0.270 e. The van der Waals surface area contributed by atoms with Crippen LogP contribution in [0.1, 0.15) is 21.2 Å².